The summed E-state index contributed by atoms with van der Waals surface area (Å²) in [4.78, 5) is 7.02. The third-order valence-electron chi connectivity index (χ3n) is 2.80. The molecule has 0 unspecified atom stereocenters. The zero-order valence-electron chi connectivity index (χ0n) is 9.79. The van der Waals surface area contributed by atoms with E-state index >= 15 is 0 Å². The van der Waals surface area contributed by atoms with E-state index in [0.717, 1.165) is 39.1 Å². The fourth-order valence-electron chi connectivity index (χ4n) is 1.63. The summed E-state index contributed by atoms with van der Waals surface area (Å²) in [5, 5.41) is 0. The Morgan fingerprint density at radius 3 is 2.64 bits per heavy atom. The van der Waals surface area contributed by atoms with E-state index in [1.54, 1.807) is 0 Å². The molecule has 1 fully saturated rings. The van der Waals surface area contributed by atoms with E-state index in [4.69, 9.17) is 0 Å². The van der Waals surface area contributed by atoms with Crippen LogP contribution in [0.4, 0.5) is 0 Å². The van der Waals surface area contributed by atoms with Crippen molar-refractivity contribution in [1.29, 1.82) is 0 Å². The highest BCUT2D eigenvalue weighted by Gasteiger charge is 2.13. The van der Waals surface area contributed by atoms with Crippen LogP contribution in [-0.4, -0.2) is 68.6 Å². The van der Waals surface area contributed by atoms with E-state index in [9.17, 15) is 0 Å². The van der Waals surface area contributed by atoms with E-state index in [2.05, 4.69) is 42.4 Å². The van der Waals surface area contributed by atoms with Gasteiger partial charge in [0.15, 0.2) is 0 Å². The van der Waals surface area contributed by atoms with Crippen molar-refractivity contribution in [3.8, 4) is 0 Å². The van der Waals surface area contributed by atoms with Gasteiger partial charge in [0.25, 0.3) is 0 Å². The predicted molar refractivity (Wildman–Crippen MR) is 61.4 cm³/mol. The quantitative estimate of drug-likeness (QED) is 0.659. The lowest BCUT2D eigenvalue weighted by atomic mass is 10.3. The number of likely N-dealkylation sites (N-methyl/N-ethyl adjacent to an activating group) is 2. The highest BCUT2D eigenvalue weighted by Crippen LogP contribution is 2.11. The minimum absolute atomic E-state index is 1.11. The molecule has 0 spiro atoms. The van der Waals surface area contributed by atoms with Gasteiger partial charge in [0.2, 0.25) is 0 Å². The number of nitrogens with zero attached hydrogens (tertiary/aromatic N) is 3. The van der Waals surface area contributed by atoms with E-state index in [-0.39, 0.29) is 0 Å². The summed E-state index contributed by atoms with van der Waals surface area (Å²) in [6, 6.07) is 0. The summed E-state index contributed by atoms with van der Waals surface area (Å²) in [5.74, 6) is 0. The molecule has 0 atom stereocenters. The van der Waals surface area contributed by atoms with E-state index in [1.807, 2.05) is 0 Å². The second kappa shape index (κ2) is 5.37. The van der Waals surface area contributed by atoms with Gasteiger partial charge in [0.1, 0.15) is 0 Å². The molecule has 14 heavy (non-hydrogen) atoms. The van der Waals surface area contributed by atoms with Crippen LogP contribution in [0.2, 0.25) is 0 Å². The van der Waals surface area contributed by atoms with E-state index in [0.29, 0.717) is 0 Å². The number of hydrogen-bond donors (Lipinski definition) is 0. The van der Waals surface area contributed by atoms with Crippen molar-refractivity contribution < 1.29 is 0 Å². The average molecular weight is 197 g/mol. The van der Waals surface area contributed by atoms with Crippen molar-refractivity contribution in [3.63, 3.8) is 0 Å². The Bertz CT molecular complexity index is 189. The maximum absolute atomic E-state index is 4.15. The highest BCUT2D eigenvalue weighted by atomic mass is 15.2. The van der Waals surface area contributed by atoms with Crippen LogP contribution in [0.1, 0.15) is 6.42 Å². The molecule has 0 amide bonds. The first-order valence-corrected chi connectivity index (χ1v) is 5.35. The fourth-order valence-corrected chi connectivity index (χ4v) is 1.63. The molecule has 82 valence electrons. The molecule has 1 aliphatic rings. The average Bonchev–Trinajstić information content (AvgIpc) is 2.27. The number of rotatable bonds is 3. The molecule has 0 aromatic heterocycles. The topological polar surface area (TPSA) is 9.72 Å². The highest BCUT2D eigenvalue weighted by molar-refractivity contribution is 4.97. The van der Waals surface area contributed by atoms with Gasteiger partial charge in [0, 0.05) is 38.4 Å². The van der Waals surface area contributed by atoms with Crippen LogP contribution in [-0.2, 0) is 0 Å². The van der Waals surface area contributed by atoms with Crippen LogP contribution in [0, 0.1) is 0 Å². The first-order valence-electron chi connectivity index (χ1n) is 5.35. The smallest absolute Gasteiger partial charge is 0.0303 e. The first-order chi connectivity index (χ1) is 6.59. The Labute approximate surface area is 88.0 Å². The van der Waals surface area contributed by atoms with Crippen molar-refractivity contribution in [1.82, 2.24) is 14.7 Å². The molecular weight excluding hydrogens is 174 g/mol. The summed E-state index contributed by atoms with van der Waals surface area (Å²) in [7, 11) is 6.42. The Morgan fingerprint density at radius 2 is 2.00 bits per heavy atom. The van der Waals surface area contributed by atoms with Gasteiger partial charge >= 0.3 is 0 Å². The second-order valence-electron chi connectivity index (χ2n) is 4.41. The molecule has 1 rings (SSSR count). The predicted octanol–water partition coefficient (Wildman–Crippen LogP) is 0.699. The molecule has 0 aliphatic carbocycles. The van der Waals surface area contributed by atoms with Crippen LogP contribution in [0.3, 0.4) is 0 Å². The fraction of sp³-hybridized carbons (Fsp3) is 0.818. The summed E-state index contributed by atoms with van der Waals surface area (Å²) >= 11 is 0. The van der Waals surface area contributed by atoms with Gasteiger partial charge in [-0.2, -0.15) is 0 Å². The van der Waals surface area contributed by atoms with Crippen LogP contribution < -0.4 is 0 Å². The Morgan fingerprint density at radius 1 is 1.29 bits per heavy atom. The Hall–Kier alpha value is -0.540. The summed E-state index contributed by atoms with van der Waals surface area (Å²) < 4.78 is 0. The lowest BCUT2D eigenvalue weighted by Gasteiger charge is -2.26. The Kier molecular flexibility index (Phi) is 4.42. The zero-order valence-corrected chi connectivity index (χ0v) is 9.79. The van der Waals surface area contributed by atoms with Crippen LogP contribution in [0.15, 0.2) is 12.3 Å². The molecule has 1 heterocycles. The van der Waals surface area contributed by atoms with Gasteiger partial charge < -0.3 is 14.7 Å². The molecule has 3 nitrogen and oxygen atoms in total. The van der Waals surface area contributed by atoms with Crippen LogP contribution >= 0.6 is 0 Å². The maximum Gasteiger partial charge on any atom is 0.0303 e. The number of hydrogen-bond acceptors (Lipinski definition) is 3. The molecule has 0 aromatic rings. The van der Waals surface area contributed by atoms with Gasteiger partial charge in [-0.3, -0.25) is 0 Å². The summed E-state index contributed by atoms with van der Waals surface area (Å²) in [5.41, 5.74) is 1.30. The molecule has 0 bridgehead atoms. The van der Waals surface area contributed by atoms with E-state index < -0.39 is 0 Å². The van der Waals surface area contributed by atoms with Crippen molar-refractivity contribution in [3.05, 3.63) is 12.3 Å². The molecule has 1 saturated heterocycles. The van der Waals surface area contributed by atoms with Crippen molar-refractivity contribution in [2.45, 2.75) is 6.42 Å². The standard InChI is InChI=1S/C11H23N3/c1-11-5-6-13(4)8-10-14(11)9-7-12(2)3/h1,5-10H2,2-4H3. The van der Waals surface area contributed by atoms with Crippen molar-refractivity contribution in [2.75, 3.05) is 53.9 Å². The van der Waals surface area contributed by atoms with Crippen LogP contribution in [0.25, 0.3) is 0 Å². The lowest BCUT2D eigenvalue weighted by Crippen LogP contribution is -2.33. The Balaban J connectivity index is 2.38. The molecular formula is C11H23N3. The van der Waals surface area contributed by atoms with Gasteiger partial charge in [0.05, 0.1) is 0 Å². The molecule has 0 N–H and O–H groups in total. The lowest BCUT2D eigenvalue weighted by molar-refractivity contribution is 0.276. The van der Waals surface area contributed by atoms with Crippen LogP contribution in [0.5, 0.6) is 0 Å². The monoisotopic (exact) mass is 197 g/mol. The molecule has 0 aromatic carbocycles. The van der Waals surface area contributed by atoms with Crippen molar-refractivity contribution >= 4 is 0 Å². The third-order valence-corrected chi connectivity index (χ3v) is 2.80. The third kappa shape index (κ3) is 3.68. The second-order valence-corrected chi connectivity index (χ2v) is 4.41. The van der Waals surface area contributed by atoms with Gasteiger partial charge in [-0.05, 0) is 27.6 Å². The van der Waals surface area contributed by atoms with Gasteiger partial charge in [-0.25, -0.2) is 0 Å². The normalized spacial score (nSPS) is 20.3. The van der Waals surface area contributed by atoms with Crippen molar-refractivity contribution in [2.24, 2.45) is 0 Å². The van der Waals surface area contributed by atoms with Gasteiger partial charge in [-0.15, -0.1) is 0 Å². The molecule has 0 radical (unpaired) electrons. The molecule has 1 aliphatic heterocycles. The largest absolute Gasteiger partial charge is 0.373 e. The molecule has 3 heteroatoms. The zero-order chi connectivity index (χ0) is 10.6. The molecule has 0 saturated carbocycles. The van der Waals surface area contributed by atoms with Gasteiger partial charge in [-0.1, -0.05) is 6.58 Å². The maximum atomic E-state index is 4.15. The summed E-state index contributed by atoms with van der Waals surface area (Å²) in [6.45, 7) is 9.81. The summed E-state index contributed by atoms with van der Waals surface area (Å²) in [6.07, 6.45) is 1.12. The minimum atomic E-state index is 1.11. The minimum Gasteiger partial charge on any atom is -0.373 e. The SMILES string of the molecule is C=C1CCN(C)CCN1CCN(C)C. The first kappa shape index (κ1) is 11.5. The van der Waals surface area contributed by atoms with E-state index in [1.165, 1.54) is 5.70 Å².